The van der Waals surface area contributed by atoms with Gasteiger partial charge in [0.1, 0.15) is 0 Å². The molecule has 0 unspecified atom stereocenters. The van der Waals surface area contributed by atoms with Crippen LogP contribution < -0.4 is 14.8 Å². The van der Waals surface area contributed by atoms with Crippen molar-refractivity contribution in [2.24, 2.45) is 0 Å². The summed E-state index contributed by atoms with van der Waals surface area (Å²) in [4.78, 5) is 0. The highest BCUT2D eigenvalue weighted by atomic mass is 16.5. The Morgan fingerprint density at radius 3 is 2.00 bits per heavy atom. The Balaban J connectivity index is 2.94. The average molecular weight is 265 g/mol. The smallest absolute Gasteiger partial charge is 0.161 e. The zero-order valence-corrected chi connectivity index (χ0v) is 13.3. The van der Waals surface area contributed by atoms with Crippen LogP contribution in [0, 0.1) is 0 Å². The summed E-state index contributed by atoms with van der Waals surface area (Å²) in [5.41, 5.74) is 1.39. The van der Waals surface area contributed by atoms with Gasteiger partial charge in [0.25, 0.3) is 0 Å². The van der Waals surface area contributed by atoms with Gasteiger partial charge in [-0.1, -0.05) is 19.9 Å². The Labute approximate surface area is 117 Å². The van der Waals surface area contributed by atoms with Crippen LogP contribution in [0.5, 0.6) is 11.5 Å². The Bertz CT molecular complexity index is 419. The lowest BCUT2D eigenvalue weighted by atomic mass is 9.83. The van der Waals surface area contributed by atoms with E-state index >= 15 is 0 Å². The minimum absolute atomic E-state index is 0.0346. The van der Waals surface area contributed by atoms with Crippen LogP contribution in [0.25, 0.3) is 0 Å². The molecule has 0 amide bonds. The first-order chi connectivity index (χ1) is 8.69. The number of nitrogens with one attached hydrogen (secondary N) is 1. The molecular formula is C16H27NO2. The maximum Gasteiger partial charge on any atom is 0.161 e. The van der Waals surface area contributed by atoms with Crippen molar-refractivity contribution in [3.63, 3.8) is 0 Å². The van der Waals surface area contributed by atoms with Crippen molar-refractivity contribution in [3.8, 4) is 11.5 Å². The molecule has 0 saturated heterocycles. The normalized spacial score (nSPS) is 12.4. The molecule has 0 atom stereocenters. The molecule has 1 aromatic rings. The van der Waals surface area contributed by atoms with Gasteiger partial charge in [-0.15, -0.1) is 0 Å². The van der Waals surface area contributed by atoms with E-state index in [1.54, 1.807) is 14.2 Å². The lowest BCUT2D eigenvalue weighted by molar-refractivity contribution is 0.347. The fourth-order valence-corrected chi connectivity index (χ4v) is 1.85. The summed E-state index contributed by atoms with van der Waals surface area (Å²) >= 11 is 0. The molecule has 0 radical (unpaired) electrons. The van der Waals surface area contributed by atoms with Crippen LogP contribution in [0.15, 0.2) is 18.2 Å². The summed E-state index contributed by atoms with van der Waals surface area (Å²) in [5, 5.41) is 3.55. The van der Waals surface area contributed by atoms with E-state index < -0.39 is 0 Å². The maximum absolute atomic E-state index is 5.37. The molecule has 1 rings (SSSR count). The van der Waals surface area contributed by atoms with Gasteiger partial charge < -0.3 is 14.8 Å². The van der Waals surface area contributed by atoms with Crippen molar-refractivity contribution >= 4 is 0 Å². The number of hydrogen-bond acceptors (Lipinski definition) is 3. The van der Waals surface area contributed by atoms with Crippen molar-refractivity contribution in [1.29, 1.82) is 0 Å². The number of methoxy groups -OCH3 is 2. The summed E-state index contributed by atoms with van der Waals surface area (Å²) in [6.45, 7) is 11.9. The third-order valence-electron chi connectivity index (χ3n) is 3.23. The third-order valence-corrected chi connectivity index (χ3v) is 3.23. The summed E-state index contributed by atoms with van der Waals surface area (Å²) < 4.78 is 10.6. The molecule has 108 valence electrons. The first kappa shape index (κ1) is 15.8. The summed E-state index contributed by atoms with van der Waals surface area (Å²) in [5.74, 6) is 1.55. The van der Waals surface area contributed by atoms with E-state index in [1.807, 2.05) is 6.07 Å². The SMILES string of the molecule is COc1ccc(C(C)(C)CNC(C)(C)C)cc1OC. The van der Waals surface area contributed by atoms with Crippen LogP contribution in [0.4, 0.5) is 0 Å². The second-order valence-electron chi connectivity index (χ2n) is 6.56. The molecule has 1 N–H and O–H groups in total. The first-order valence-electron chi connectivity index (χ1n) is 6.67. The average Bonchev–Trinajstić information content (AvgIpc) is 2.35. The molecule has 0 saturated carbocycles. The van der Waals surface area contributed by atoms with Crippen molar-refractivity contribution in [3.05, 3.63) is 23.8 Å². The molecule has 0 fully saturated rings. The standard InChI is InChI=1S/C16H27NO2/c1-15(2,3)17-11-16(4,5)12-8-9-13(18-6)14(10-12)19-7/h8-10,17H,11H2,1-7H3. The van der Waals surface area contributed by atoms with E-state index in [0.29, 0.717) is 0 Å². The molecule has 19 heavy (non-hydrogen) atoms. The summed E-state index contributed by atoms with van der Waals surface area (Å²) in [6.07, 6.45) is 0. The number of ether oxygens (including phenoxy) is 2. The van der Waals surface area contributed by atoms with Gasteiger partial charge in [0.15, 0.2) is 11.5 Å². The monoisotopic (exact) mass is 265 g/mol. The van der Waals surface area contributed by atoms with Crippen LogP contribution in [0.3, 0.4) is 0 Å². The van der Waals surface area contributed by atoms with E-state index in [-0.39, 0.29) is 11.0 Å². The van der Waals surface area contributed by atoms with Crippen LogP contribution in [-0.4, -0.2) is 26.3 Å². The molecular weight excluding hydrogens is 238 g/mol. The number of hydrogen-bond donors (Lipinski definition) is 1. The lowest BCUT2D eigenvalue weighted by Gasteiger charge is -2.31. The van der Waals surface area contributed by atoms with E-state index in [9.17, 15) is 0 Å². The zero-order valence-electron chi connectivity index (χ0n) is 13.3. The van der Waals surface area contributed by atoms with E-state index in [2.05, 4.69) is 52.1 Å². The molecule has 0 heterocycles. The van der Waals surface area contributed by atoms with Gasteiger partial charge in [0.05, 0.1) is 14.2 Å². The van der Waals surface area contributed by atoms with Crippen molar-refractivity contribution in [2.75, 3.05) is 20.8 Å². The highest BCUT2D eigenvalue weighted by Gasteiger charge is 2.24. The molecule has 1 aromatic carbocycles. The van der Waals surface area contributed by atoms with Gasteiger partial charge in [-0.25, -0.2) is 0 Å². The quantitative estimate of drug-likeness (QED) is 0.885. The molecule has 3 heteroatoms. The second kappa shape index (κ2) is 5.83. The molecule has 3 nitrogen and oxygen atoms in total. The van der Waals surface area contributed by atoms with Gasteiger partial charge in [-0.2, -0.15) is 0 Å². The summed E-state index contributed by atoms with van der Waals surface area (Å²) in [6, 6.07) is 6.13. The summed E-state index contributed by atoms with van der Waals surface area (Å²) in [7, 11) is 3.33. The van der Waals surface area contributed by atoms with E-state index in [1.165, 1.54) is 5.56 Å². The van der Waals surface area contributed by atoms with Gasteiger partial charge in [0, 0.05) is 17.5 Å². The fraction of sp³-hybridized carbons (Fsp3) is 0.625. The van der Waals surface area contributed by atoms with Gasteiger partial charge in [0.2, 0.25) is 0 Å². The van der Waals surface area contributed by atoms with Crippen molar-refractivity contribution < 1.29 is 9.47 Å². The minimum atomic E-state index is 0.0346. The molecule has 0 spiro atoms. The Morgan fingerprint density at radius 2 is 1.53 bits per heavy atom. The van der Waals surface area contributed by atoms with Gasteiger partial charge in [-0.05, 0) is 38.5 Å². The van der Waals surface area contributed by atoms with Crippen LogP contribution in [-0.2, 0) is 5.41 Å². The fourth-order valence-electron chi connectivity index (χ4n) is 1.85. The minimum Gasteiger partial charge on any atom is -0.493 e. The predicted molar refractivity (Wildman–Crippen MR) is 80.3 cm³/mol. The van der Waals surface area contributed by atoms with Crippen molar-refractivity contribution in [2.45, 2.75) is 45.6 Å². The number of rotatable bonds is 5. The topological polar surface area (TPSA) is 30.5 Å². The van der Waals surface area contributed by atoms with E-state index in [0.717, 1.165) is 18.0 Å². The van der Waals surface area contributed by atoms with E-state index in [4.69, 9.17) is 9.47 Å². The highest BCUT2D eigenvalue weighted by Crippen LogP contribution is 2.33. The predicted octanol–water partition coefficient (Wildman–Crippen LogP) is 3.37. The Hall–Kier alpha value is -1.22. The molecule has 0 aromatic heterocycles. The highest BCUT2D eigenvalue weighted by molar-refractivity contribution is 5.45. The number of benzene rings is 1. The Kier molecular flexibility index (Phi) is 4.86. The lowest BCUT2D eigenvalue weighted by Crippen LogP contribution is -2.43. The van der Waals surface area contributed by atoms with Crippen LogP contribution in [0.1, 0.15) is 40.2 Å². The van der Waals surface area contributed by atoms with Crippen molar-refractivity contribution in [1.82, 2.24) is 5.32 Å². The molecule has 0 aliphatic rings. The third kappa shape index (κ3) is 4.43. The van der Waals surface area contributed by atoms with Crippen LogP contribution >= 0.6 is 0 Å². The molecule has 0 aliphatic carbocycles. The second-order valence-corrected chi connectivity index (χ2v) is 6.56. The molecule has 0 aliphatic heterocycles. The molecule has 0 bridgehead atoms. The Morgan fingerprint density at radius 1 is 0.947 bits per heavy atom. The van der Waals surface area contributed by atoms with Gasteiger partial charge >= 0.3 is 0 Å². The largest absolute Gasteiger partial charge is 0.493 e. The zero-order chi connectivity index (χ0) is 14.7. The van der Waals surface area contributed by atoms with Crippen LogP contribution in [0.2, 0.25) is 0 Å². The first-order valence-corrected chi connectivity index (χ1v) is 6.67. The maximum atomic E-state index is 5.37. The van der Waals surface area contributed by atoms with Gasteiger partial charge in [-0.3, -0.25) is 0 Å².